The minimum absolute atomic E-state index is 0.0441. The summed E-state index contributed by atoms with van der Waals surface area (Å²) in [6, 6.07) is 4.36. The van der Waals surface area contributed by atoms with Gasteiger partial charge in [-0.05, 0) is 39.8 Å². The second kappa shape index (κ2) is 6.58. The Hall–Kier alpha value is -2.08. The summed E-state index contributed by atoms with van der Waals surface area (Å²) in [6.07, 6.45) is 0. The minimum Gasteiger partial charge on any atom is -0.478 e. The summed E-state index contributed by atoms with van der Waals surface area (Å²) in [5.74, 6) is -1.10. The summed E-state index contributed by atoms with van der Waals surface area (Å²) >= 11 is 0. The lowest BCUT2D eigenvalue weighted by Crippen LogP contribution is -2.44. The van der Waals surface area contributed by atoms with Crippen molar-refractivity contribution in [2.45, 2.75) is 33.3 Å². The lowest BCUT2D eigenvalue weighted by molar-refractivity contribution is 0.0500. The van der Waals surface area contributed by atoms with E-state index < -0.39 is 17.6 Å². The molecule has 0 spiro atoms. The molecule has 0 fully saturated rings. The van der Waals surface area contributed by atoms with Crippen LogP contribution in [0.25, 0.3) is 0 Å². The highest BCUT2D eigenvalue weighted by Crippen LogP contribution is 2.18. The average Bonchev–Trinajstić information content (AvgIpc) is 2.36. The number of urea groups is 1. The third-order valence-corrected chi connectivity index (χ3v) is 2.89. The van der Waals surface area contributed by atoms with Gasteiger partial charge in [-0.1, -0.05) is 11.6 Å². The number of aromatic carboxylic acids is 1. The molecule has 0 aliphatic carbocycles. The van der Waals surface area contributed by atoms with Gasteiger partial charge in [0.25, 0.3) is 0 Å². The van der Waals surface area contributed by atoms with E-state index in [1.807, 2.05) is 0 Å². The van der Waals surface area contributed by atoms with Gasteiger partial charge in [-0.15, -0.1) is 0 Å². The number of carbonyl (C=O) groups is 2. The van der Waals surface area contributed by atoms with Gasteiger partial charge in [-0.3, -0.25) is 0 Å². The number of carbonyl (C=O) groups excluding carboxylic acids is 1. The number of anilines is 1. The molecule has 0 atom stereocenters. The molecule has 0 saturated heterocycles. The molecule has 0 saturated carbocycles. The van der Waals surface area contributed by atoms with E-state index in [0.717, 1.165) is 5.56 Å². The highest BCUT2D eigenvalue weighted by molar-refractivity contribution is 6.00. The molecule has 6 nitrogen and oxygen atoms in total. The fourth-order valence-electron chi connectivity index (χ4n) is 1.93. The lowest BCUT2D eigenvalue weighted by atomic mass is 10.1. The second-order valence-corrected chi connectivity index (χ2v) is 5.61. The van der Waals surface area contributed by atoms with Gasteiger partial charge in [0.15, 0.2) is 0 Å². The molecular formula is C15H22N2O4. The number of aliphatic hydroxyl groups is 1. The van der Waals surface area contributed by atoms with Crippen LogP contribution in [0.15, 0.2) is 18.2 Å². The monoisotopic (exact) mass is 294 g/mol. The number of carboxylic acids is 1. The van der Waals surface area contributed by atoms with Crippen molar-refractivity contribution >= 4 is 17.7 Å². The first kappa shape index (κ1) is 17.0. The smallest absolute Gasteiger partial charge is 0.337 e. The van der Waals surface area contributed by atoms with Crippen LogP contribution in [-0.4, -0.2) is 45.8 Å². The predicted molar refractivity (Wildman–Crippen MR) is 80.7 cm³/mol. The minimum atomic E-state index is -1.10. The Morgan fingerprint density at radius 3 is 2.43 bits per heavy atom. The third kappa shape index (κ3) is 5.07. The fraction of sp³-hybridized carbons (Fsp3) is 0.467. The highest BCUT2D eigenvalue weighted by Gasteiger charge is 2.22. The number of rotatable bonds is 5. The van der Waals surface area contributed by atoms with Gasteiger partial charge in [0.1, 0.15) is 0 Å². The number of hydrogen-bond acceptors (Lipinski definition) is 3. The Balaban J connectivity index is 2.94. The van der Waals surface area contributed by atoms with E-state index in [4.69, 9.17) is 0 Å². The van der Waals surface area contributed by atoms with E-state index in [-0.39, 0.29) is 17.8 Å². The van der Waals surface area contributed by atoms with Gasteiger partial charge >= 0.3 is 12.0 Å². The van der Waals surface area contributed by atoms with Crippen molar-refractivity contribution in [2.24, 2.45) is 0 Å². The number of nitrogens with zero attached hydrogens (tertiary/aromatic N) is 1. The zero-order valence-corrected chi connectivity index (χ0v) is 12.8. The van der Waals surface area contributed by atoms with Gasteiger partial charge in [0, 0.05) is 6.54 Å². The molecule has 0 bridgehead atoms. The normalized spacial score (nSPS) is 11.1. The van der Waals surface area contributed by atoms with E-state index in [2.05, 4.69) is 5.32 Å². The first-order valence-electron chi connectivity index (χ1n) is 6.76. The Morgan fingerprint density at radius 1 is 1.33 bits per heavy atom. The van der Waals surface area contributed by atoms with Crippen molar-refractivity contribution in [1.82, 2.24) is 4.90 Å². The quantitative estimate of drug-likeness (QED) is 0.777. The van der Waals surface area contributed by atoms with E-state index in [0.29, 0.717) is 6.54 Å². The van der Waals surface area contributed by atoms with Crippen LogP contribution < -0.4 is 5.32 Å². The van der Waals surface area contributed by atoms with Crippen LogP contribution in [0.2, 0.25) is 0 Å². The summed E-state index contributed by atoms with van der Waals surface area (Å²) in [7, 11) is 0. The molecule has 1 aromatic carbocycles. The van der Waals surface area contributed by atoms with Crippen molar-refractivity contribution in [1.29, 1.82) is 0 Å². The number of aryl methyl sites for hydroxylation is 1. The summed E-state index contributed by atoms with van der Waals surface area (Å²) in [5, 5.41) is 21.6. The molecule has 0 aliphatic rings. The first-order chi connectivity index (χ1) is 9.64. The summed E-state index contributed by atoms with van der Waals surface area (Å²) in [4.78, 5) is 24.8. The van der Waals surface area contributed by atoms with Crippen molar-refractivity contribution in [3.8, 4) is 0 Å². The first-order valence-corrected chi connectivity index (χ1v) is 6.76. The van der Waals surface area contributed by atoms with Crippen LogP contribution in [0.1, 0.15) is 36.7 Å². The molecule has 0 aromatic heterocycles. The largest absolute Gasteiger partial charge is 0.478 e. The topological polar surface area (TPSA) is 89.9 Å². The maximum absolute atomic E-state index is 12.2. The van der Waals surface area contributed by atoms with Crippen LogP contribution in [0.5, 0.6) is 0 Å². The number of nitrogens with one attached hydrogen (secondary N) is 1. The number of amides is 2. The number of likely N-dealkylation sites (N-methyl/N-ethyl adjacent to an activating group) is 1. The lowest BCUT2D eigenvalue weighted by Gasteiger charge is -2.28. The Morgan fingerprint density at radius 2 is 1.95 bits per heavy atom. The van der Waals surface area contributed by atoms with Crippen molar-refractivity contribution in [2.75, 3.05) is 18.4 Å². The van der Waals surface area contributed by atoms with E-state index in [1.165, 1.54) is 11.0 Å². The second-order valence-electron chi connectivity index (χ2n) is 5.61. The molecule has 0 aliphatic heterocycles. The predicted octanol–water partition coefficient (Wildman–Crippen LogP) is 2.32. The molecule has 21 heavy (non-hydrogen) atoms. The van der Waals surface area contributed by atoms with E-state index in [9.17, 15) is 19.8 Å². The Bertz CT molecular complexity index is 535. The van der Waals surface area contributed by atoms with Crippen molar-refractivity contribution < 1.29 is 19.8 Å². The number of carboxylic acid groups (broad SMARTS) is 1. The van der Waals surface area contributed by atoms with Gasteiger partial charge in [0.2, 0.25) is 0 Å². The summed E-state index contributed by atoms with van der Waals surface area (Å²) < 4.78 is 0. The summed E-state index contributed by atoms with van der Waals surface area (Å²) in [6.45, 7) is 7.35. The Kier molecular flexibility index (Phi) is 5.32. The van der Waals surface area contributed by atoms with Crippen LogP contribution in [0.3, 0.4) is 0 Å². The van der Waals surface area contributed by atoms with Crippen molar-refractivity contribution in [3.63, 3.8) is 0 Å². The SMILES string of the molecule is CCN(CC(C)(C)O)C(=O)Nc1ccc(C)cc1C(=O)O. The van der Waals surface area contributed by atoms with Crippen LogP contribution in [0, 0.1) is 6.92 Å². The molecule has 6 heteroatoms. The zero-order chi connectivity index (χ0) is 16.2. The number of hydrogen-bond donors (Lipinski definition) is 3. The molecule has 116 valence electrons. The van der Waals surface area contributed by atoms with Crippen LogP contribution in [-0.2, 0) is 0 Å². The molecule has 2 amide bonds. The van der Waals surface area contributed by atoms with Gasteiger partial charge in [-0.25, -0.2) is 9.59 Å². The van der Waals surface area contributed by atoms with Gasteiger partial charge < -0.3 is 20.4 Å². The van der Waals surface area contributed by atoms with Crippen molar-refractivity contribution in [3.05, 3.63) is 29.3 Å². The molecule has 3 N–H and O–H groups in total. The fourth-order valence-corrected chi connectivity index (χ4v) is 1.93. The van der Waals surface area contributed by atoms with Gasteiger partial charge in [0.05, 0.1) is 23.4 Å². The van der Waals surface area contributed by atoms with Crippen LogP contribution in [0.4, 0.5) is 10.5 Å². The Labute approximate surface area is 124 Å². The summed E-state index contributed by atoms with van der Waals surface area (Å²) in [5.41, 5.74) is 0.0696. The van der Waals surface area contributed by atoms with E-state index in [1.54, 1.807) is 39.8 Å². The molecule has 0 radical (unpaired) electrons. The zero-order valence-electron chi connectivity index (χ0n) is 12.8. The standard InChI is InChI=1S/C15H22N2O4/c1-5-17(9-15(3,4)21)14(20)16-12-7-6-10(2)8-11(12)13(18)19/h6-8,21H,5,9H2,1-4H3,(H,16,20)(H,18,19). The maximum Gasteiger partial charge on any atom is 0.337 e. The maximum atomic E-state index is 12.2. The average molecular weight is 294 g/mol. The highest BCUT2D eigenvalue weighted by atomic mass is 16.4. The van der Waals surface area contributed by atoms with Crippen LogP contribution >= 0.6 is 0 Å². The third-order valence-electron chi connectivity index (χ3n) is 2.89. The molecular weight excluding hydrogens is 272 g/mol. The van der Waals surface area contributed by atoms with Gasteiger partial charge in [-0.2, -0.15) is 0 Å². The molecule has 0 unspecified atom stereocenters. The van der Waals surface area contributed by atoms with E-state index >= 15 is 0 Å². The number of benzene rings is 1. The molecule has 1 rings (SSSR count). The molecule has 0 heterocycles. The molecule has 1 aromatic rings.